The fraction of sp³-hybridized carbons (Fsp3) is 0.240. The molecule has 8 bridgehead atoms. The van der Waals surface area contributed by atoms with Gasteiger partial charge >= 0.3 is 12.1 Å². The maximum Gasteiger partial charge on any atom is 0.323 e. The summed E-state index contributed by atoms with van der Waals surface area (Å²) < 4.78 is 26.6. The molecule has 4 N–H and O–H groups in total. The van der Waals surface area contributed by atoms with Crippen LogP contribution in [-0.2, 0) is 0 Å². The van der Waals surface area contributed by atoms with E-state index in [1.807, 2.05) is 88.4 Å². The predicted octanol–water partition coefficient (Wildman–Crippen LogP) is 14.9. The van der Waals surface area contributed by atoms with Crippen molar-refractivity contribution in [2.75, 3.05) is 47.7 Å². The zero-order valence-corrected chi connectivity index (χ0v) is 41.9. The fourth-order valence-corrected chi connectivity index (χ4v) is 11.3. The summed E-state index contributed by atoms with van der Waals surface area (Å²) in [6, 6.07) is 29.1. The van der Waals surface area contributed by atoms with Gasteiger partial charge in [-0.3, -0.25) is 20.2 Å². The molecule has 1 aliphatic rings. The predicted molar refractivity (Wildman–Crippen MR) is 277 cm³/mol. The van der Waals surface area contributed by atoms with Gasteiger partial charge < -0.3 is 40.2 Å². The number of carbonyl (C=O) groups excluding carboxylic acids is 2. The average Bonchev–Trinajstić information content (AvgIpc) is 3.34. The first-order valence-corrected chi connectivity index (χ1v) is 25.7. The van der Waals surface area contributed by atoms with Crippen LogP contribution in [0.5, 0.6) is 23.0 Å². The lowest BCUT2D eigenvalue weighted by atomic mass is 10.2. The SMILES string of the molecule is CCCOc1c2cccc1Sc1ccc(NC(=O)Nc3ccc([N+](=O)[O-])cc3)c(c1OCCC)Sc1cccc(c1OCCC)Sc1c(NC(=O)Nc3ccc([N+](=O)[O-])cc3)ccc(c1OCCC)S2. The van der Waals surface area contributed by atoms with Crippen LogP contribution in [0, 0.1) is 20.2 Å². The van der Waals surface area contributed by atoms with Crippen molar-refractivity contribution in [1.82, 2.24) is 0 Å². The molecule has 6 aromatic rings. The zero-order valence-electron chi connectivity index (χ0n) is 38.7. The monoisotopic (exact) mass is 1020 g/mol. The van der Waals surface area contributed by atoms with Gasteiger partial charge in [-0.25, -0.2) is 9.59 Å². The average molecular weight is 1020 g/mol. The van der Waals surface area contributed by atoms with E-state index in [-0.39, 0.29) is 11.4 Å². The minimum atomic E-state index is -0.580. The van der Waals surface area contributed by atoms with Crippen LogP contribution in [0.2, 0.25) is 0 Å². The number of nitrogens with zero attached hydrogens (tertiary/aromatic N) is 2. The lowest BCUT2D eigenvalue weighted by molar-refractivity contribution is -0.385. The van der Waals surface area contributed by atoms with E-state index in [0.717, 1.165) is 26.0 Å². The van der Waals surface area contributed by atoms with Gasteiger partial charge in [-0.1, -0.05) is 86.9 Å². The van der Waals surface area contributed by atoms with Crippen LogP contribution >= 0.6 is 47.0 Å². The van der Waals surface area contributed by atoms with E-state index in [1.54, 1.807) is 0 Å². The maximum atomic E-state index is 13.8. The normalized spacial score (nSPS) is 11.7. The molecule has 0 fully saturated rings. The Morgan fingerprint density at radius 2 is 0.743 bits per heavy atom. The Labute approximate surface area is 422 Å². The molecule has 70 heavy (non-hydrogen) atoms. The lowest BCUT2D eigenvalue weighted by Gasteiger charge is -2.24. The number of ether oxygens (including phenoxy) is 4. The first kappa shape index (κ1) is 51.1. The lowest BCUT2D eigenvalue weighted by Crippen LogP contribution is -2.20. The molecule has 1 aliphatic heterocycles. The largest absolute Gasteiger partial charge is 0.491 e. The van der Waals surface area contributed by atoms with Crippen molar-refractivity contribution in [3.63, 3.8) is 0 Å². The van der Waals surface area contributed by atoms with E-state index < -0.39 is 21.9 Å². The Morgan fingerprint density at radius 1 is 0.429 bits per heavy atom. The number of anilines is 4. The van der Waals surface area contributed by atoms with Crippen LogP contribution in [0.3, 0.4) is 0 Å². The van der Waals surface area contributed by atoms with Gasteiger partial charge in [0.25, 0.3) is 11.4 Å². The third-order valence-electron chi connectivity index (χ3n) is 9.87. The molecule has 20 heteroatoms. The van der Waals surface area contributed by atoms with Crippen molar-refractivity contribution in [2.24, 2.45) is 0 Å². The number of carbonyl (C=O) groups is 2. The number of urea groups is 2. The minimum Gasteiger partial charge on any atom is -0.491 e. The highest BCUT2D eigenvalue weighted by Crippen LogP contribution is 2.56. The number of hydrogen-bond donors (Lipinski definition) is 4. The van der Waals surface area contributed by atoms with Crippen molar-refractivity contribution in [2.45, 2.75) is 92.5 Å². The fourth-order valence-electron chi connectivity index (χ4n) is 6.70. The van der Waals surface area contributed by atoms with E-state index >= 15 is 0 Å². The highest BCUT2D eigenvalue weighted by molar-refractivity contribution is 8.01. The molecule has 0 spiro atoms. The van der Waals surface area contributed by atoms with E-state index in [2.05, 4.69) is 21.3 Å². The van der Waals surface area contributed by atoms with Gasteiger partial charge in [0.05, 0.1) is 86.8 Å². The number of fused-ring (bicyclic) bond motifs is 8. The van der Waals surface area contributed by atoms with Crippen molar-refractivity contribution in [3.05, 3.63) is 129 Å². The molecule has 0 aromatic heterocycles. The van der Waals surface area contributed by atoms with Crippen LogP contribution in [0.15, 0.2) is 148 Å². The van der Waals surface area contributed by atoms with Crippen LogP contribution in [0.25, 0.3) is 0 Å². The summed E-state index contributed by atoms with van der Waals surface area (Å²) in [5, 5.41) is 34.2. The van der Waals surface area contributed by atoms with E-state index in [1.165, 1.54) is 95.6 Å². The molecule has 6 aromatic carbocycles. The van der Waals surface area contributed by atoms with Crippen molar-refractivity contribution in [1.29, 1.82) is 0 Å². The molecular formula is C50H50N6O10S4. The molecule has 0 unspecified atom stereocenters. The Balaban J connectivity index is 1.41. The molecular weight excluding hydrogens is 973 g/mol. The summed E-state index contributed by atoms with van der Waals surface area (Å²) >= 11 is 5.66. The highest BCUT2D eigenvalue weighted by Gasteiger charge is 2.27. The second-order valence-electron chi connectivity index (χ2n) is 15.3. The first-order chi connectivity index (χ1) is 34.0. The van der Waals surface area contributed by atoms with Crippen molar-refractivity contribution >= 4 is 93.2 Å². The van der Waals surface area contributed by atoms with E-state index in [4.69, 9.17) is 18.9 Å². The summed E-state index contributed by atoms with van der Waals surface area (Å²) in [5.41, 5.74) is 1.36. The Kier molecular flexibility index (Phi) is 18.0. The number of rotatable bonds is 18. The van der Waals surface area contributed by atoms with Crippen molar-refractivity contribution < 1.29 is 38.4 Å². The number of para-hydroxylation sites is 2. The minimum absolute atomic E-state index is 0.106. The maximum absolute atomic E-state index is 13.8. The van der Waals surface area contributed by atoms with Gasteiger partial charge in [0.2, 0.25) is 0 Å². The number of nitro groups is 2. The summed E-state index contributed by atoms with van der Waals surface area (Å²) in [5.74, 6) is 2.27. The van der Waals surface area contributed by atoms with E-state index in [0.29, 0.717) is 111 Å². The van der Waals surface area contributed by atoms with Crippen LogP contribution in [0.1, 0.15) is 53.4 Å². The standard InChI is InChI=1S/C50H50N6O10S4/c1-5-27-63-43-37-11-9-12-38(43)68-42-26-24-36(54-50(58)52-32-17-21-34(22-18-32)56(61)62)48(46(42)66-30-8-4)70-40-14-10-13-39(44(40)64-28-6-2)69-47-35(23-25-41(67-37)45(47)65-29-7-3)53-49(57)51-31-15-19-33(20-16-31)55(59)60/h9-26H,5-8,27-30H2,1-4H3,(H2,51,53,57)(H2,52,54,58). The quantitative estimate of drug-likeness (QED) is 0.0466. The topological polar surface area (TPSA) is 205 Å². The Hall–Kier alpha value is -6.74. The van der Waals surface area contributed by atoms with Gasteiger partial charge in [-0.15, -0.1) is 0 Å². The van der Waals surface area contributed by atoms with Gasteiger partial charge in [0.15, 0.2) is 0 Å². The zero-order chi connectivity index (χ0) is 49.6. The molecule has 4 amide bonds. The molecule has 1 heterocycles. The van der Waals surface area contributed by atoms with Crippen LogP contribution in [-0.4, -0.2) is 48.3 Å². The third kappa shape index (κ3) is 12.9. The summed E-state index contributed by atoms with van der Waals surface area (Å²) in [7, 11) is 0. The molecule has 0 atom stereocenters. The molecule has 0 saturated carbocycles. The Morgan fingerprint density at radius 3 is 1.07 bits per heavy atom. The van der Waals surface area contributed by atoms with Crippen LogP contribution in [0.4, 0.5) is 43.7 Å². The van der Waals surface area contributed by atoms with Gasteiger partial charge in [-0.2, -0.15) is 0 Å². The second kappa shape index (κ2) is 24.7. The molecule has 0 radical (unpaired) electrons. The number of non-ortho nitro benzene ring substituents is 2. The molecule has 0 aliphatic carbocycles. The molecule has 7 rings (SSSR count). The number of nitrogens with one attached hydrogen (secondary N) is 4. The summed E-state index contributed by atoms with van der Waals surface area (Å²) in [4.78, 5) is 55.0. The Bertz CT molecular complexity index is 2680. The highest BCUT2D eigenvalue weighted by atomic mass is 32.2. The van der Waals surface area contributed by atoms with Crippen LogP contribution < -0.4 is 40.2 Å². The molecule has 364 valence electrons. The third-order valence-corrected chi connectivity index (χ3v) is 14.3. The number of nitro benzene ring substituents is 2. The van der Waals surface area contributed by atoms with Gasteiger partial charge in [0.1, 0.15) is 23.0 Å². The van der Waals surface area contributed by atoms with Gasteiger partial charge in [0, 0.05) is 35.6 Å². The summed E-state index contributed by atoms with van der Waals surface area (Å²) in [6.45, 7) is 9.64. The van der Waals surface area contributed by atoms with E-state index in [9.17, 15) is 29.8 Å². The second-order valence-corrected chi connectivity index (χ2v) is 19.5. The number of hydrogen-bond acceptors (Lipinski definition) is 14. The number of amides is 4. The first-order valence-electron chi connectivity index (χ1n) is 22.5. The number of benzene rings is 6. The summed E-state index contributed by atoms with van der Waals surface area (Å²) in [6.07, 6.45) is 2.85. The smallest absolute Gasteiger partial charge is 0.323 e. The molecule has 16 nitrogen and oxygen atoms in total. The van der Waals surface area contributed by atoms with Crippen molar-refractivity contribution in [3.8, 4) is 23.0 Å². The van der Waals surface area contributed by atoms with Gasteiger partial charge in [-0.05, 0) is 98.5 Å². The molecule has 0 saturated heterocycles.